The highest BCUT2D eigenvalue weighted by Gasteiger charge is 2.54. The number of amidine groups is 1. The van der Waals surface area contributed by atoms with Gasteiger partial charge in [-0.1, -0.05) is 14.8 Å². The number of nitrogens with one attached hydrogen (secondary N) is 2. The van der Waals surface area contributed by atoms with Crippen LogP contribution in [-0.4, -0.2) is 67.2 Å². The molecule has 3 aliphatic heterocycles. The van der Waals surface area contributed by atoms with E-state index in [0.717, 1.165) is 21.9 Å². The lowest BCUT2D eigenvalue weighted by Crippen LogP contribution is -2.72. The largest absolute Gasteiger partial charge is 0.543 e. The standard InChI is InChI=1S/C18H17FN10O5S2/c19-7-34-24-14(27-5-10(21)36-25-27)15(30)23-12-16(31)28-13(18(32)33)8(6-35-17(12)28)26-4-2-9(20)29-11(26)1-3-22-29/h1-5,12,17,20,25H,6-7,21H2,(H2,23,30,32,33)/t12-,17+/m1/s1. The number of aliphatic carboxylic acids is 1. The van der Waals surface area contributed by atoms with E-state index in [1.807, 2.05) is 0 Å². The molecule has 1 fully saturated rings. The Kier molecular flexibility index (Phi) is 6.06. The SMILES string of the molecule is NC1=CN(C(=NOCF)C(=O)N[C@@H]2C(=O)N3C(C(=O)[O-])=C([n+]4ccc(N)n5nccc54)CS[C@@H]23)NS1. The van der Waals surface area contributed by atoms with Gasteiger partial charge in [-0.2, -0.15) is 9.40 Å². The predicted octanol–water partition coefficient (Wildman–Crippen LogP) is -2.99. The van der Waals surface area contributed by atoms with Crippen LogP contribution >= 0.6 is 23.7 Å². The van der Waals surface area contributed by atoms with Crippen LogP contribution in [0.25, 0.3) is 11.3 Å². The Labute approximate surface area is 209 Å². The van der Waals surface area contributed by atoms with Crippen LogP contribution in [0.5, 0.6) is 0 Å². The first-order valence-electron chi connectivity index (χ1n) is 10.1. The first kappa shape index (κ1) is 23.7. The van der Waals surface area contributed by atoms with E-state index in [-0.39, 0.29) is 17.1 Å². The fraction of sp³-hybridized carbons (Fsp3) is 0.222. The lowest BCUT2D eigenvalue weighted by Gasteiger charge is -2.50. The molecular weight excluding hydrogens is 519 g/mol. The van der Waals surface area contributed by atoms with Crippen LogP contribution in [-0.2, 0) is 19.2 Å². The van der Waals surface area contributed by atoms with Gasteiger partial charge in [0.05, 0.1) is 30.2 Å². The highest BCUT2D eigenvalue weighted by atomic mass is 32.2. The van der Waals surface area contributed by atoms with Crippen LogP contribution < -0.4 is 31.3 Å². The highest BCUT2D eigenvalue weighted by Crippen LogP contribution is 2.40. The summed E-state index contributed by atoms with van der Waals surface area (Å²) in [6, 6.07) is 2.10. The average Bonchev–Trinajstić information content (AvgIpc) is 3.52. The Morgan fingerprint density at radius 3 is 2.92 bits per heavy atom. The smallest absolute Gasteiger partial charge is 0.315 e. The lowest BCUT2D eigenvalue weighted by molar-refractivity contribution is -0.557. The number of nitrogens with zero attached hydrogens (tertiary/aromatic N) is 6. The number of hydrogen-bond acceptors (Lipinski definition) is 12. The van der Waals surface area contributed by atoms with E-state index in [2.05, 4.69) is 25.2 Å². The van der Waals surface area contributed by atoms with Crippen molar-refractivity contribution in [2.75, 3.05) is 18.3 Å². The zero-order valence-corrected chi connectivity index (χ0v) is 19.7. The molecule has 0 bridgehead atoms. The number of nitrogens with two attached hydrogens (primary N) is 2. The van der Waals surface area contributed by atoms with Gasteiger partial charge in [0.2, 0.25) is 5.82 Å². The minimum absolute atomic E-state index is 0.162. The molecule has 2 aromatic rings. The number of halogens is 1. The van der Waals surface area contributed by atoms with Gasteiger partial charge >= 0.3 is 5.65 Å². The summed E-state index contributed by atoms with van der Waals surface area (Å²) in [5, 5.41) is 22.8. The van der Waals surface area contributed by atoms with Crippen molar-refractivity contribution >= 4 is 64.5 Å². The monoisotopic (exact) mass is 536 g/mol. The fourth-order valence-electron chi connectivity index (χ4n) is 3.85. The average molecular weight is 537 g/mol. The summed E-state index contributed by atoms with van der Waals surface area (Å²) >= 11 is 2.21. The molecule has 0 spiro atoms. The van der Waals surface area contributed by atoms with Crippen LogP contribution in [0.4, 0.5) is 10.2 Å². The van der Waals surface area contributed by atoms with Crippen molar-refractivity contribution in [1.29, 1.82) is 0 Å². The molecule has 3 aliphatic rings. The number of rotatable bonds is 5. The molecule has 36 heavy (non-hydrogen) atoms. The molecule has 188 valence electrons. The van der Waals surface area contributed by atoms with Crippen molar-refractivity contribution in [2.24, 2.45) is 10.9 Å². The molecule has 1 saturated heterocycles. The number of hydrogen-bond donors (Lipinski definition) is 4. The maximum atomic E-state index is 13.0. The zero-order valence-electron chi connectivity index (χ0n) is 18.0. The first-order chi connectivity index (χ1) is 17.3. The molecule has 0 aromatic carbocycles. The Hall–Kier alpha value is -4.03. The van der Waals surface area contributed by atoms with Gasteiger partial charge in [0, 0.05) is 6.07 Å². The molecule has 5 rings (SSSR count). The summed E-state index contributed by atoms with van der Waals surface area (Å²) < 4.78 is 15.5. The second-order valence-electron chi connectivity index (χ2n) is 7.40. The third kappa shape index (κ3) is 3.84. The number of carboxylic acids is 1. The van der Waals surface area contributed by atoms with Crippen molar-refractivity contribution in [3.63, 3.8) is 0 Å². The van der Waals surface area contributed by atoms with Crippen molar-refractivity contribution < 1.29 is 33.3 Å². The number of carboxylic acid groups (broad SMARTS) is 1. The molecule has 2 atom stereocenters. The van der Waals surface area contributed by atoms with E-state index < -0.39 is 41.9 Å². The number of amides is 2. The Morgan fingerprint density at radius 2 is 2.22 bits per heavy atom. The van der Waals surface area contributed by atoms with Gasteiger partial charge in [-0.25, -0.2) is 9.40 Å². The molecule has 2 amide bonds. The molecule has 18 heteroatoms. The summed E-state index contributed by atoms with van der Waals surface area (Å²) in [4.78, 5) is 46.1. The molecule has 15 nitrogen and oxygen atoms in total. The van der Waals surface area contributed by atoms with Gasteiger partial charge < -0.3 is 31.5 Å². The Balaban J connectivity index is 1.42. The maximum absolute atomic E-state index is 13.0. The molecular formula is C18H17FN10O5S2. The van der Waals surface area contributed by atoms with E-state index in [4.69, 9.17) is 11.5 Å². The number of alkyl halides is 1. The van der Waals surface area contributed by atoms with Crippen molar-refractivity contribution in [1.82, 2.24) is 29.7 Å². The zero-order chi connectivity index (χ0) is 25.6. The number of hydrazine groups is 1. The van der Waals surface area contributed by atoms with Crippen LogP contribution in [0.3, 0.4) is 0 Å². The van der Waals surface area contributed by atoms with Crippen LogP contribution in [0.2, 0.25) is 0 Å². The summed E-state index contributed by atoms with van der Waals surface area (Å²) in [6.45, 7) is -1.29. The van der Waals surface area contributed by atoms with E-state index in [1.165, 1.54) is 28.7 Å². The first-order valence-corrected chi connectivity index (χ1v) is 12.0. The third-order valence-electron chi connectivity index (χ3n) is 5.38. The highest BCUT2D eigenvalue weighted by molar-refractivity contribution is 8.01. The van der Waals surface area contributed by atoms with Gasteiger partial charge in [0.1, 0.15) is 34.0 Å². The van der Waals surface area contributed by atoms with Crippen LogP contribution in [0, 0.1) is 0 Å². The van der Waals surface area contributed by atoms with E-state index in [1.54, 1.807) is 22.9 Å². The van der Waals surface area contributed by atoms with Gasteiger partial charge in [-0.05, 0) is 11.9 Å². The molecule has 6 N–H and O–H groups in total. The van der Waals surface area contributed by atoms with E-state index in [0.29, 0.717) is 16.5 Å². The predicted molar refractivity (Wildman–Crippen MR) is 122 cm³/mol. The molecule has 0 aliphatic carbocycles. The van der Waals surface area contributed by atoms with Gasteiger partial charge in [0.25, 0.3) is 24.5 Å². The molecule has 5 heterocycles. The van der Waals surface area contributed by atoms with Crippen molar-refractivity contribution in [3.05, 3.63) is 41.5 Å². The number of carbonyl (C=O) groups excluding carboxylic acids is 3. The van der Waals surface area contributed by atoms with E-state index in [9.17, 15) is 23.9 Å². The van der Waals surface area contributed by atoms with Crippen LogP contribution in [0.1, 0.15) is 0 Å². The van der Waals surface area contributed by atoms with Gasteiger partial charge in [-0.15, -0.1) is 11.8 Å². The van der Waals surface area contributed by atoms with Crippen molar-refractivity contribution in [3.8, 4) is 0 Å². The van der Waals surface area contributed by atoms with Crippen molar-refractivity contribution in [2.45, 2.75) is 11.4 Å². The summed E-state index contributed by atoms with van der Waals surface area (Å²) in [5.74, 6) is -3.03. The maximum Gasteiger partial charge on any atom is 0.315 e. The Bertz CT molecular complexity index is 1380. The number of β-lactam (4-membered cyclic amide) rings is 1. The normalized spacial score (nSPS) is 21.9. The Morgan fingerprint density at radius 1 is 1.42 bits per heavy atom. The second kappa shape index (κ2) is 9.21. The number of aromatic nitrogens is 3. The topological polar surface area (TPSA) is 200 Å². The quantitative estimate of drug-likeness (QED) is 0.0755. The number of anilines is 1. The number of oxime groups is 1. The summed E-state index contributed by atoms with van der Waals surface area (Å²) in [5.41, 5.74) is 12.0. The number of nitrogen functional groups attached to an aromatic ring is 1. The van der Waals surface area contributed by atoms with Gasteiger partial charge in [0.15, 0.2) is 0 Å². The summed E-state index contributed by atoms with van der Waals surface area (Å²) in [6.07, 6.45) is 4.39. The molecule has 0 saturated carbocycles. The minimum Gasteiger partial charge on any atom is -0.543 e. The third-order valence-corrected chi connectivity index (χ3v) is 7.27. The lowest BCUT2D eigenvalue weighted by atomic mass is 10.0. The minimum atomic E-state index is -1.56. The second-order valence-corrected chi connectivity index (χ2v) is 9.37. The van der Waals surface area contributed by atoms with E-state index >= 15 is 0 Å². The number of fused-ring (bicyclic) bond motifs is 2. The van der Waals surface area contributed by atoms with Gasteiger partial charge in [-0.3, -0.25) is 14.5 Å². The van der Waals surface area contributed by atoms with Crippen LogP contribution in [0.15, 0.2) is 46.6 Å². The molecule has 2 aromatic heterocycles. The summed E-state index contributed by atoms with van der Waals surface area (Å²) in [7, 11) is 0. The molecule has 0 radical (unpaired) electrons. The fourth-order valence-corrected chi connectivity index (χ4v) is 5.69. The molecule has 0 unspecified atom stereocenters. The number of carbonyl (C=O) groups is 3. The number of thioether (sulfide) groups is 1.